The summed E-state index contributed by atoms with van der Waals surface area (Å²) in [5, 5.41) is 7.76. The van der Waals surface area contributed by atoms with Crippen LogP contribution in [0.4, 0.5) is 13.2 Å². The number of aryl methyl sites for hydroxylation is 2. The van der Waals surface area contributed by atoms with Gasteiger partial charge in [-0.3, -0.25) is 14.2 Å². The Morgan fingerprint density at radius 3 is 2.41 bits per heavy atom. The van der Waals surface area contributed by atoms with E-state index in [0.717, 1.165) is 41.0 Å². The van der Waals surface area contributed by atoms with E-state index in [4.69, 9.17) is 11.6 Å². The second kappa shape index (κ2) is 7.66. The summed E-state index contributed by atoms with van der Waals surface area (Å²) < 4.78 is 42.9. The molecule has 0 spiro atoms. The predicted molar refractivity (Wildman–Crippen MR) is 103 cm³/mol. The number of aromatic nitrogens is 4. The van der Waals surface area contributed by atoms with Crippen LogP contribution in [-0.2, 0) is 24.1 Å². The van der Waals surface area contributed by atoms with Crippen molar-refractivity contribution < 1.29 is 18.0 Å². The van der Waals surface area contributed by atoms with Crippen LogP contribution in [0.15, 0.2) is 0 Å². The van der Waals surface area contributed by atoms with Gasteiger partial charge in [0, 0.05) is 37.3 Å². The normalized spacial score (nSPS) is 15.6. The van der Waals surface area contributed by atoms with E-state index in [-0.39, 0.29) is 11.8 Å². The fourth-order valence-corrected chi connectivity index (χ4v) is 4.02. The van der Waals surface area contributed by atoms with Crippen LogP contribution >= 0.6 is 11.6 Å². The molecule has 1 aliphatic carbocycles. The van der Waals surface area contributed by atoms with Gasteiger partial charge in [-0.05, 0) is 40.5 Å². The van der Waals surface area contributed by atoms with Gasteiger partial charge in [0.15, 0.2) is 5.69 Å². The number of amides is 1. The minimum absolute atomic E-state index is 0.0843. The number of alkyl halides is 3. The average molecular weight is 432 g/mol. The van der Waals surface area contributed by atoms with E-state index < -0.39 is 22.9 Å². The zero-order valence-electron chi connectivity index (χ0n) is 17.1. The van der Waals surface area contributed by atoms with Gasteiger partial charge in [0.2, 0.25) is 5.91 Å². The Morgan fingerprint density at radius 2 is 1.93 bits per heavy atom. The van der Waals surface area contributed by atoms with Crippen molar-refractivity contribution in [2.45, 2.75) is 71.8 Å². The molecule has 2 aromatic rings. The highest BCUT2D eigenvalue weighted by molar-refractivity contribution is 6.32. The molecule has 29 heavy (non-hydrogen) atoms. The molecule has 10 heteroatoms. The quantitative estimate of drug-likeness (QED) is 0.677. The maximum absolute atomic E-state index is 13.3. The van der Waals surface area contributed by atoms with Crippen molar-refractivity contribution in [1.29, 1.82) is 0 Å². The molecule has 0 aromatic carbocycles. The fourth-order valence-electron chi connectivity index (χ4n) is 3.64. The minimum Gasteiger partial charge on any atom is -0.339 e. The average Bonchev–Trinajstić information content (AvgIpc) is 3.37. The Labute approximate surface area is 172 Å². The van der Waals surface area contributed by atoms with Gasteiger partial charge in [-0.25, -0.2) is 0 Å². The first kappa shape index (κ1) is 21.7. The molecule has 0 saturated heterocycles. The second-order valence-corrected chi connectivity index (χ2v) is 7.98. The number of hydrogen-bond donors (Lipinski definition) is 0. The highest BCUT2D eigenvalue weighted by Crippen LogP contribution is 2.47. The molecule has 2 heterocycles. The van der Waals surface area contributed by atoms with E-state index in [9.17, 15) is 18.0 Å². The molecule has 0 bridgehead atoms. The number of nitrogens with zero attached hydrogens (tertiary/aromatic N) is 5. The second-order valence-electron chi connectivity index (χ2n) is 7.60. The van der Waals surface area contributed by atoms with Crippen LogP contribution in [0.2, 0.25) is 5.02 Å². The topological polar surface area (TPSA) is 56.0 Å². The third-order valence-corrected chi connectivity index (χ3v) is 5.82. The molecule has 0 radical (unpaired) electrons. The number of rotatable bonds is 6. The van der Waals surface area contributed by atoms with Gasteiger partial charge >= 0.3 is 6.18 Å². The lowest BCUT2D eigenvalue weighted by Gasteiger charge is -2.23. The van der Waals surface area contributed by atoms with E-state index >= 15 is 0 Å². The Morgan fingerprint density at radius 1 is 1.31 bits per heavy atom. The zero-order chi connectivity index (χ0) is 21.7. The monoisotopic (exact) mass is 431 g/mol. The summed E-state index contributed by atoms with van der Waals surface area (Å²) in [7, 11) is 1.63. The molecular formula is C19H25ClF3N5O. The molecule has 1 saturated carbocycles. The molecule has 2 aromatic heterocycles. The van der Waals surface area contributed by atoms with Gasteiger partial charge in [-0.1, -0.05) is 11.6 Å². The number of hydrogen-bond acceptors (Lipinski definition) is 3. The van der Waals surface area contributed by atoms with Crippen molar-refractivity contribution >= 4 is 17.5 Å². The molecule has 3 rings (SSSR count). The Balaban J connectivity index is 1.88. The Bertz CT molecular complexity index is 929. The van der Waals surface area contributed by atoms with Gasteiger partial charge in [-0.15, -0.1) is 0 Å². The number of carbonyl (C=O) groups is 1. The molecule has 1 fully saturated rings. The molecule has 160 valence electrons. The lowest BCUT2D eigenvalue weighted by Crippen LogP contribution is -2.34. The smallest absolute Gasteiger partial charge is 0.339 e. The molecule has 1 amide bonds. The Kier molecular flexibility index (Phi) is 5.73. The zero-order valence-corrected chi connectivity index (χ0v) is 17.9. The first-order valence-corrected chi connectivity index (χ1v) is 9.98. The van der Waals surface area contributed by atoms with E-state index in [2.05, 4.69) is 10.2 Å². The van der Waals surface area contributed by atoms with Gasteiger partial charge < -0.3 is 4.90 Å². The van der Waals surface area contributed by atoms with Crippen molar-refractivity contribution in [2.24, 2.45) is 0 Å². The highest BCUT2D eigenvalue weighted by Gasteiger charge is 2.43. The predicted octanol–water partition coefficient (Wildman–Crippen LogP) is 4.49. The van der Waals surface area contributed by atoms with E-state index in [0.29, 0.717) is 12.2 Å². The van der Waals surface area contributed by atoms with Crippen LogP contribution in [-0.4, -0.2) is 37.4 Å². The van der Waals surface area contributed by atoms with Crippen LogP contribution in [0.1, 0.15) is 67.0 Å². The minimum atomic E-state index is -4.66. The molecule has 1 aliphatic rings. The summed E-state index contributed by atoms with van der Waals surface area (Å²) in [5.74, 6) is -0.415. The van der Waals surface area contributed by atoms with Crippen molar-refractivity contribution in [3.63, 3.8) is 0 Å². The maximum atomic E-state index is 13.3. The fraction of sp³-hybridized carbons (Fsp3) is 0.632. The number of likely N-dealkylation sites (N-methyl/N-ethyl adjacent to an activating group) is 1. The third kappa shape index (κ3) is 4.01. The third-order valence-electron chi connectivity index (χ3n) is 5.45. The van der Waals surface area contributed by atoms with Crippen molar-refractivity contribution in [3.05, 3.63) is 33.4 Å². The number of halogens is 4. The number of carbonyl (C=O) groups excluding carboxylic acids is 1. The summed E-state index contributed by atoms with van der Waals surface area (Å²) in [4.78, 5) is 14.5. The van der Waals surface area contributed by atoms with E-state index in [1.165, 1.54) is 4.90 Å². The van der Waals surface area contributed by atoms with Crippen molar-refractivity contribution in [1.82, 2.24) is 24.5 Å². The summed E-state index contributed by atoms with van der Waals surface area (Å²) >= 11 is 6.03. The molecule has 0 aliphatic heterocycles. The van der Waals surface area contributed by atoms with Crippen LogP contribution in [0.5, 0.6) is 0 Å². The van der Waals surface area contributed by atoms with Crippen LogP contribution in [0.3, 0.4) is 0 Å². The highest BCUT2D eigenvalue weighted by atomic mass is 35.5. The lowest BCUT2D eigenvalue weighted by molar-refractivity contribution is -0.142. The van der Waals surface area contributed by atoms with Crippen LogP contribution < -0.4 is 0 Å². The van der Waals surface area contributed by atoms with Crippen molar-refractivity contribution in [2.75, 3.05) is 7.05 Å². The van der Waals surface area contributed by atoms with Crippen molar-refractivity contribution in [3.8, 4) is 0 Å². The van der Waals surface area contributed by atoms with Gasteiger partial charge in [-0.2, -0.15) is 23.4 Å². The molecular weight excluding hydrogens is 407 g/mol. The maximum Gasteiger partial charge on any atom is 0.436 e. The first-order chi connectivity index (χ1) is 13.5. The molecule has 0 unspecified atom stereocenters. The van der Waals surface area contributed by atoms with E-state index in [1.807, 2.05) is 25.5 Å². The lowest BCUT2D eigenvalue weighted by atomic mass is 10.1. The standard InChI is InChI=1S/C19H25ClF3N5O/c1-6-27-11(3)14(10(2)24-27)9-26(5)18(29)12(4)28-16(13-7-8-13)15(20)17(25-28)19(21,22)23/h12-13H,6-9H2,1-5H3/t12-/m0/s1. The summed E-state index contributed by atoms with van der Waals surface area (Å²) in [5.41, 5.74) is 1.92. The summed E-state index contributed by atoms with van der Waals surface area (Å²) in [6.07, 6.45) is -3.17. The first-order valence-electron chi connectivity index (χ1n) is 9.60. The Hall–Kier alpha value is -2.03. The van der Waals surface area contributed by atoms with Crippen LogP contribution in [0, 0.1) is 13.8 Å². The van der Waals surface area contributed by atoms with E-state index in [1.54, 1.807) is 14.0 Å². The van der Waals surface area contributed by atoms with Gasteiger partial charge in [0.25, 0.3) is 0 Å². The molecule has 1 atom stereocenters. The van der Waals surface area contributed by atoms with Crippen LogP contribution in [0.25, 0.3) is 0 Å². The summed E-state index contributed by atoms with van der Waals surface area (Å²) in [6, 6.07) is -0.897. The molecule has 6 nitrogen and oxygen atoms in total. The SMILES string of the molecule is CCn1nc(C)c(CN(C)C(=O)[C@H](C)n2nc(C(F)(F)F)c(Cl)c2C2CC2)c1C. The largest absolute Gasteiger partial charge is 0.436 e. The van der Waals surface area contributed by atoms with Gasteiger partial charge in [0.1, 0.15) is 6.04 Å². The molecule has 0 N–H and O–H groups in total. The summed E-state index contributed by atoms with van der Waals surface area (Å²) in [6.45, 7) is 8.40. The van der Waals surface area contributed by atoms with Gasteiger partial charge in [0.05, 0.1) is 16.4 Å².